The van der Waals surface area contributed by atoms with Gasteiger partial charge in [-0.3, -0.25) is 0 Å². The van der Waals surface area contributed by atoms with Crippen molar-refractivity contribution in [2.45, 2.75) is 32.1 Å². The van der Waals surface area contributed by atoms with Crippen molar-refractivity contribution in [2.75, 3.05) is 0 Å². The first kappa shape index (κ1) is 11.0. The van der Waals surface area contributed by atoms with Crippen LogP contribution in [0.5, 0.6) is 0 Å². The van der Waals surface area contributed by atoms with Crippen LogP contribution in [0, 0.1) is 18.3 Å². The maximum Gasteiger partial charge on any atom is 0.0314 e. The molecule has 16 heavy (non-hydrogen) atoms. The highest BCUT2D eigenvalue weighted by Crippen LogP contribution is 2.25. The van der Waals surface area contributed by atoms with Crippen molar-refractivity contribution < 1.29 is 0 Å². The monoisotopic (exact) mass is 210 g/mol. The van der Waals surface area contributed by atoms with Gasteiger partial charge in [-0.25, -0.2) is 0 Å². The normalized spacial score (nSPS) is 17.4. The lowest BCUT2D eigenvalue weighted by molar-refractivity contribution is 0.420. The molecule has 1 aliphatic rings. The summed E-state index contributed by atoms with van der Waals surface area (Å²) in [7, 11) is 0. The van der Waals surface area contributed by atoms with E-state index in [0.717, 1.165) is 11.5 Å². The van der Waals surface area contributed by atoms with Crippen molar-refractivity contribution >= 4 is 6.08 Å². The molecule has 0 saturated heterocycles. The molecule has 0 atom stereocenters. The molecule has 1 aromatic carbocycles. The van der Waals surface area contributed by atoms with Crippen LogP contribution < -0.4 is 0 Å². The quantitative estimate of drug-likeness (QED) is 0.640. The molecule has 0 heteroatoms. The summed E-state index contributed by atoms with van der Waals surface area (Å²) >= 11 is 0. The molecular formula is C16H18. The molecule has 0 radical (unpaired) electrons. The van der Waals surface area contributed by atoms with Crippen molar-refractivity contribution in [3.63, 3.8) is 0 Å². The zero-order valence-corrected chi connectivity index (χ0v) is 9.65. The Hall–Kier alpha value is -1.48. The van der Waals surface area contributed by atoms with Gasteiger partial charge in [0.25, 0.3) is 0 Å². The summed E-state index contributed by atoms with van der Waals surface area (Å²) in [5.41, 5.74) is 2.17. The van der Waals surface area contributed by atoms with E-state index in [4.69, 9.17) is 6.42 Å². The van der Waals surface area contributed by atoms with Crippen LogP contribution in [-0.4, -0.2) is 0 Å². The van der Waals surface area contributed by atoms with Crippen molar-refractivity contribution in [2.24, 2.45) is 5.92 Å². The summed E-state index contributed by atoms with van der Waals surface area (Å²) in [6.07, 6.45) is 16.9. The third-order valence-corrected chi connectivity index (χ3v) is 3.31. The Morgan fingerprint density at radius 1 is 1.12 bits per heavy atom. The summed E-state index contributed by atoms with van der Waals surface area (Å²) in [6.45, 7) is 0. The first-order valence-corrected chi connectivity index (χ1v) is 6.14. The summed E-state index contributed by atoms with van der Waals surface area (Å²) in [4.78, 5) is 0. The first-order chi connectivity index (χ1) is 7.90. The van der Waals surface area contributed by atoms with Crippen LogP contribution in [0.25, 0.3) is 6.08 Å². The van der Waals surface area contributed by atoms with Crippen LogP contribution in [0.3, 0.4) is 0 Å². The van der Waals surface area contributed by atoms with Crippen LogP contribution in [0.15, 0.2) is 30.3 Å². The minimum absolute atomic E-state index is 0.764. The van der Waals surface area contributed by atoms with Crippen LogP contribution in [-0.2, 0) is 0 Å². The highest BCUT2D eigenvalue weighted by Gasteiger charge is 2.09. The third kappa shape index (κ3) is 2.76. The van der Waals surface area contributed by atoms with Gasteiger partial charge in [0, 0.05) is 5.56 Å². The topological polar surface area (TPSA) is 0 Å². The van der Waals surface area contributed by atoms with Gasteiger partial charge in [0.1, 0.15) is 0 Å². The number of rotatable bonds is 2. The molecule has 82 valence electrons. The molecule has 1 saturated carbocycles. The van der Waals surface area contributed by atoms with Crippen LogP contribution in [0.1, 0.15) is 43.2 Å². The van der Waals surface area contributed by atoms with Crippen LogP contribution in [0.2, 0.25) is 0 Å². The summed E-state index contributed by atoms with van der Waals surface area (Å²) < 4.78 is 0. The van der Waals surface area contributed by atoms with E-state index in [1.165, 1.54) is 37.7 Å². The highest BCUT2D eigenvalue weighted by atomic mass is 14.1. The van der Waals surface area contributed by atoms with E-state index in [2.05, 4.69) is 24.1 Å². The predicted molar refractivity (Wildman–Crippen MR) is 70.0 cm³/mol. The largest absolute Gasteiger partial charge is 0.115 e. The fourth-order valence-electron chi connectivity index (χ4n) is 2.34. The van der Waals surface area contributed by atoms with E-state index < -0.39 is 0 Å². The van der Waals surface area contributed by atoms with E-state index in [1.807, 2.05) is 18.2 Å². The molecule has 2 rings (SSSR count). The van der Waals surface area contributed by atoms with Crippen molar-refractivity contribution in [3.8, 4) is 12.3 Å². The van der Waals surface area contributed by atoms with E-state index in [9.17, 15) is 0 Å². The van der Waals surface area contributed by atoms with Gasteiger partial charge >= 0.3 is 0 Å². The molecule has 1 aliphatic carbocycles. The van der Waals surface area contributed by atoms with E-state index >= 15 is 0 Å². The maximum atomic E-state index is 5.48. The van der Waals surface area contributed by atoms with Crippen molar-refractivity contribution in [3.05, 3.63) is 41.5 Å². The molecule has 1 fully saturated rings. The number of terminal acetylenes is 1. The summed E-state index contributed by atoms with van der Waals surface area (Å²) in [5, 5.41) is 0. The number of allylic oxidation sites excluding steroid dienone is 1. The van der Waals surface area contributed by atoms with E-state index in [-0.39, 0.29) is 0 Å². The SMILES string of the molecule is C#Cc1ccccc1/C=C/C1CCCCC1. The standard InChI is InChI=1S/C16H18/c1-2-15-10-6-7-11-16(15)13-12-14-8-4-3-5-9-14/h1,6-7,10-14H,3-5,8-9H2/b13-12+. The molecule has 1 aromatic rings. The molecular weight excluding hydrogens is 192 g/mol. The van der Waals surface area contributed by atoms with Gasteiger partial charge in [-0.2, -0.15) is 0 Å². The Kier molecular flexibility index (Phi) is 3.83. The maximum absolute atomic E-state index is 5.48. The van der Waals surface area contributed by atoms with Gasteiger partial charge in [-0.15, -0.1) is 6.42 Å². The van der Waals surface area contributed by atoms with Gasteiger partial charge in [0.2, 0.25) is 0 Å². The molecule has 0 nitrogen and oxygen atoms in total. The van der Waals surface area contributed by atoms with E-state index in [1.54, 1.807) is 0 Å². The molecule has 0 aromatic heterocycles. The van der Waals surface area contributed by atoms with Crippen LogP contribution >= 0.6 is 0 Å². The van der Waals surface area contributed by atoms with Crippen molar-refractivity contribution in [1.82, 2.24) is 0 Å². The average molecular weight is 210 g/mol. The minimum atomic E-state index is 0.764. The lowest BCUT2D eigenvalue weighted by Gasteiger charge is -2.17. The Balaban J connectivity index is 2.07. The van der Waals surface area contributed by atoms with E-state index in [0.29, 0.717) is 0 Å². The lowest BCUT2D eigenvalue weighted by atomic mass is 9.88. The summed E-state index contributed by atoms with van der Waals surface area (Å²) in [5.74, 6) is 3.50. The molecule has 0 amide bonds. The zero-order chi connectivity index (χ0) is 11.2. The van der Waals surface area contributed by atoms with Crippen molar-refractivity contribution in [1.29, 1.82) is 0 Å². The molecule has 0 spiro atoms. The van der Waals surface area contributed by atoms with Gasteiger partial charge in [0.05, 0.1) is 0 Å². The van der Waals surface area contributed by atoms with Gasteiger partial charge in [0.15, 0.2) is 0 Å². The zero-order valence-electron chi connectivity index (χ0n) is 9.65. The van der Waals surface area contributed by atoms with Gasteiger partial charge < -0.3 is 0 Å². The summed E-state index contributed by atoms with van der Waals surface area (Å²) in [6, 6.07) is 8.13. The predicted octanol–water partition coefficient (Wildman–Crippen LogP) is 4.26. The number of benzene rings is 1. The number of hydrogen-bond donors (Lipinski definition) is 0. The Morgan fingerprint density at radius 2 is 1.88 bits per heavy atom. The van der Waals surface area contributed by atoms with Gasteiger partial charge in [-0.05, 0) is 30.4 Å². The fraction of sp³-hybridized carbons (Fsp3) is 0.375. The average Bonchev–Trinajstić information content (AvgIpc) is 2.38. The Bertz CT molecular complexity index is 400. The first-order valence-electron chi connectivity index (χ1n) is 6.14. The smallest absolute Gasteiger partial charge is 0.0314 e. The number of hydrogen-bond acceptors (Lipinski definition) is 0. The molecule has 0 N–H and O–H groups in total. The highest BCUT2D eigenvalue weighted by molar-refractivity contribution is 5.58. The van der Waals surface area contributed by atoms with Crippen LogP contribution in [0.4, 0.5) is 0 Å². The Labute approximate surface area is 98.4 Å². The third-order valence-electron chi connectivity index (χ3n) is 3.31. The lowest BCUT2D eigenvalue weighted by Crippen LogP contribution is -2.02. The molecule has 0 unspecified atom stereocenters. The Morgan fingerprint density at radius 3 is 2.62 bits per heavy atom. The second kappa shape index (κ2) is 5.56. The van der Waals surface area contributed by atoms with Gasteiger partial charge in [-0.1, -0.05) is 55.5 Å². The second-order valence-electron chi connectivity index (χ2n) is 4.49. The molecule has 0 heterocycles. The second-order valence-corrected chi connectivity index (χ2v) is 4.49. The fourth-order valence-corrected chi connectivity index (χ4v) is 2.34. The molecule has 0 aliphatic heterocycles. The minimum Gasteiger partial charge on any atom is -0.115 e. The molecule has 0 bridgehead atoms.